The van der Waals surface area contributed by atoms with Gasteiger partial charge in [-0.05, 0) is 42.0 Å². The van der Waals surface area contributed by atoms with Gasteiger partial charge < -0.3 is 19.4 Å². The molecule has 1 aromatic heterocycles. The Kier molecular flexibility index (Phi) is 6.51. The largest absolute Gasteiger partial charge is 0.494 e. The van der Waals surface area contributed by atoms with Gasteiger partial charge in [0.25, 0.3) is 11.8 Å². The van der Waals surface area contributed by atoms with Crippen molar-refractivity contribution >= 4 is 17.5 Å². The molecule has 1 saturated heterocycles. The molecule has 166 valence electrons. The molecule has 8 heteroatoms. The number of furan rings is 1. The van der Waals surface area contributed by atoms with Gasteiger partial charge in [-0.25, -0.2) is 4.39 Å². The number of piperazine rings is 1. The van der Waals surface area contributed by atoms with Crippen molar-refractivity contribution in [2.45, 2.75) is 6.54 Å². The standard InChI is InChI=1S/C24H24FN3O4/c1-31-21-9-8-17(15-19(21)25)16-27-10-12-28(13-11-27)24(30)18-5-2-3-6-20(18)26-23(29)22-7-4-14-32-22/h2-9,14-15H,10-13,16H2,1H3,(H,26,29). The van der Waals surface area contributed by atoms with Crippen LogP contribution in [-0.4, -0.2) is 54.9 Å². The van der Waals surface area contributed by atoms with E-state index in [-0.39, 0.29) is 23.2 Å². The van der Waals surface area contributed by atoms with Gasteiger partial charge in [-0.3, -0.25) is 14.5 Å². The molecule has 4 rings (SSSR count). The second-order valence-electron chi connectivity index (χ2n) is 7.51. The van der Waals surface area contributed by atoms with Gasteiger partial charge in [-0.1, -0.05) is 18.2 Å². The van der Waals surface area contributed by atoms with Crippen molar-refractivity contribution in [1.29, 1.82) is 0 Å². The Morgan fingerprint density at radius 3 is 2.53 bits per heavy atom. The van der Waals surface area contributed by atoms with Crippen LogP contribution < -0.4 is 10.1 Å². The van der Waals surface area contributed by atoms with Crippen molar-refractivity contribution in [1.82, 2.24) is 9.80 Å². The van der Waals surface area contributed by atoms with E-state index in [2.05, 4.69) is 10.2 Å². The molecule has 1 aliphatic rings. The van der Waals surface area contributed by atoms with Gasteiger partial charge in [0.2, 0.25) is 0 Å². The van der Waals surface area contributed by atoms with Gasteiger partial charge in [-0.15, -0.1) is 0 Å². The van der Waals surface area contributed by atoms with Crippen LogP contribution in [0.1, 0.15) is 26.5 Å². The summed E-state index contributed by atoms with van der Waals surface area (Å²) in [5.41, 5.74) is 1.72. The molecule has 0 atom stereocenters. The molecule has 0 saturated carbocycles. The van der Waals surface area contributed by atoms with E-state index in [4.69, 9.17) is 9.15 Å². The maximum atomic E-state index is 13.9. The molecule has 1 fully saturated rings. The summed E-state index contributed by atoms with van der Waals surface area (Å²) in [7, 11) is 1.44. The van der Waals surface area contributed by atoms with Crippen LogP contribution in [0.5, 0.6) is 5.75 Å². The van der Waals surface area contributed by atoms with Crippen molar-refractivity contribution in [2.75, 3.05) is 38.6 Å². The number of hydrogen-bond acceptors (Lipinski definition) is 5. The van der Waals surface area contributed by atoms with Gasteiger partial charge in [-0.2, -0.15) is 0 Å². The first-order valence-corrected chi connectivity index (χ1v) is 10.3. The highest BCUT2D eigenvalue weighted by molar-refractivity contribution is 6.07. The van der Waals surface area contributed by atoms with E-state index in [1.54, 1.807) is 47.4 Å². The second-order valence-corrected chi connectivity index (χ2v) is 7.51. The lowest BCUT2D eigenvalue weighted by Crippen LogP contribution is -2.48. The smallest absolute Gasteiger partial charge is 0.291 e. The topological polar surface area (TPSA) is 75.0 Å². The van der Waals surface area contributed by atoms with Gasteiger partial charge in [0.15, 0.2) is 17.3 Å². The summed E-state index contributed by atoms with van der Waals surface area (Å²) in [5.74, 6) is -0.535. The first-order valence-electron chi connectivity index (χ1n) is 10.3. The highest BCUT2D eigenvalue weighted by atomic mass is 19.1. The van der Waals surface area contributed by atoms with Crippen molar-refractivity contribution in [3.63, 3.8) is 0 Å². The van der Waals surface area contributed by atoms with Crippen LogP contribution >= 0.6 is 0 Å². The van der Waals surface area contributed by atoms with Gasteiger partial charge in [0, 0.05) is 32.7 Å². The number of anilines is 1. The monoisotopic (exact) mass is 437 g/mol. The molecular formula is C24H24FN3O4. The third-order valence-electron chi connectivity index (χ3n) is 5.43. The minimum atomic E-state index is -0.410. The van der Waals surface area contributed by atoms with E-state index >= 15 is 0 Å². The van der Waals surface area contributed by atoms with Crippen LogP contribution in [0.15, 0.2) is 65.3 Å². The van der Waals surface area contributed by atoms with Gasteiger partial charge in [0.1, 0.15) is 0 Å². The number of para-hydroxylation sites is 1. The Bertz CT molecular complexity index is 1090. The normalized spacial score (nSPS) is 14.2. The zero-order chi connectivity index (χ0) is 22.5. The molecule has 7 nitrogen and oxygen atoms in total. The molecule has 0 spiro atoms. The lowest BCUT2D eigenvalue weighted by atomic mass is 10.1. The summed E-state index contributed by atoms with van der Waals surface area (Å²) >= 11 is 0. The summed E-state index contributed by atoms with van der Waals surface area (Å²) < 4.78 is 24.0. The van der Waals surface area contributed by atoms with E-state index in [0.29, 0.717) is 44.0 Å². The number of methoxy groups -OCH3 is 1. The van der Waals surface area contributed by atoms with E-state index in [1.165, 1.54) is 19.4 Å². The summed E-state index contributed by atoms with van der Waals surface area (Å²) in [5, 5.41) is 2.75. The third-order valence-corrected chi connectivity index (χ3v) is 5.43. The van der Waals surface area contributed by atoms with Crippen LogP contribution in [0, 0.1) is 5.82 Å². The molecule has 2 amide bonds. The van der Waals surface area contributed by atoms with Crippen molar-refractivity contribution < 1.29 is 23.1 Å². The molecule has 2 heterocycles. The number of halogens is 1. The zero-order valence-electron chi connectivity index (χ0n) is 17.7. The van der Waals surface area contributed by atoms with E-state index in [0.717, 1.165) is 5.56 Å². The molecule has 0 aliphatic carbocycles. The zero-order valence-corrected chi connectivity index (χ0v) is 17.7. The van der Waals surface area contributed by atoms with Crippen molar-refractivity contribution in [2.24, 2.45) is 0 Å². The molecule has 0 radical (unpaired) electrons. The predicted octanol–water partition coefficient (Wildman–Crippen LogP) is 3.64. The van der Waals surface area contributed by atoms with Crippen LogP contribution in [-0.2, 0) is 6.54 Å². The third kappa shape index (κ3) is 4.81. The van der Waals surface area contributed by atoms with Gasteiger partial charge >= 0.3 is 0 Å². The first kappa shape index (κ1) is 21.6. The quantitative estimate of drug-likeness (QED) is 0.637. The highest BCUT2D eigenvalue weighted by Gasteiger charge is 2.24. The van der Waals surface area contributed by atoms with Crippen molar-refractivity contribution in [3.8, 4) is 5.75 Å². The minimum absolute atomic E-state index is 0.143. The Balaban J connectivity index is 1.37. The lowest BCUT2D eigenvalue weighted by molar-refractivity contribution is 0.0629. The number of ether oxygens (including phenoxy) is 1. The fourth-order valence-corrected chi connectivity index (χ4v) is 3.72. The number of carbonyl (C=O) groups is 2. The summed E-state index contributed by atoms with van der Waals surface area (Å²) in [4.78, 5) is 29.4. The molecule has 1 N–H and O–H groups in total. The number of carbonyl (C=O) groups excluding carboxylic acids is 2. The van der Waals surface area contributed by atoms with Gasteiger partial charge in [0.05, 0.1) is 24.6 Å². The number of nitrogens with zero attached hydrogens (tertiary/aromatic N) is 2. The lowest BCUT2D eigenvalue weighted by Gasteiger charge is -2.35. The van der Waals surface area contributed by atoms with Crippen molar-refractivity contribution in [3.05, 3.63) is 83.6 Å². The second kappa shape index (κ2) is 9.65. The number of nitrogens with one attached hydrogen (secondary N) is 1. The highest BCUT2D eigenvalue weighted by Crippen LogP contribution is 2.21. The number of hydrogen-bond donors (Lipinski definition) is 1. The molecule has 1 aliphatic heterocycles. The summed E-state index contributed by atoms with van der Waals surface area (Å²) in [6, 6.07) is 15.1. The average molecular weight is 437 g/mol. The average Bonchev–Trinajstić information content (AvgIpc) is 3.35. The maximum Gasteiger partial charge on any atom is 0.291 e. The predicted molar refractivity (Wildman–Crippen MR) is 117 cm³/mol. The summed E-state index contributed by atoms with van der Waals surface area (Å²) in [6.45, 7) is 3.01. The van der Waals surface area contributed by atoms with Crippen LogP contribution in [0.2, 0.25) is 0 Å². The fourth-order valence-electron chi connectivity index (χ4n) is 3.72. The Hall–Kier alpha value is -3.65. The molecule has 2 aromatic carbocycles. The SMILES string of the molecule is COc1ccc(CN2CCN(C(=O)c3ccccc3NC(=O)c3ccco3)CC2)cc1F. The first-order chi connectivity index (χ1) is 15.5. The Morgan fingerprint density at radius 2 is 1.84 bits per heavy atom. The molecule has 3 aromatic rings. The molecular weight excluding hydrogens is 413 g/mol. The van der Waals surface area contributed by atoms with Crippen LogP contribution in [0.25, 0.3) is 0 Å². The Morgan fingerprint density at radius 1 is 1.06 bits per heavy atom. The van der Waals surface area contributed by atoms with E-state index < -0.39 is 5.91 Å². The Labute approximate surface area is 185 Å². The molecule has 0 unspecified atom stereocenters. The van der Waals surface area contributed by atoms with E-state index in [9.17, 15) is 14.0 Å². The van der Waals surface area contributed by atoms with Crippen LogP contribution in [0.4, 0.5) is 10.1 Å². The number of amides is 2. The fraction of sp³-hybridized carbons (Fsp3) is 0.250. The summed E-state index contributed by atoms with van der Waals surface area (Å²) in [6.07, 6.45) is 1.42. The number of benzene rings is 2. The number of rotatable bonds is 6. The molecule has 32 heavy (non-hydrogen) atoms. The molecule has 0 bridgehead atoms. The maximum absolute atomic E-state index is 13.9. The van der Waals surface area contributed by atoms with E-state index in [1.807, 2.05) is 6.07 Å². The van der Waals surface area contributed by atoms with Crippen LogP contribution in [0.3, 0.4) is 0 Å². The minimum Gasteiger partial charge on any atom is -0.494 e.